The summed E-state index contributed by atoms with van der Waals surface area (Å²) in [4.78, 5) is 9.48. The summed E-state index contributed by atoms with van der Waals surface area (Å²) in [6.07, 6.45) is 5.02. The van der Waals surface area contributed by atoms with Crippen LogP contribution >= 0.6 is 0 Å². The molecule has 1 aliphatic heterocycles. The number of rotatable bonds is 4. The molecule has 0 aromatic carbocycles. The summed E-state index contributed by atoms with van der Waals surface area (Å²) in [5, 5.41) is 0. The van der Waals surface area contributed by atoms with Crippen LogP contribution in [0.25, 0.3) is 5.52 Å². The lowest BCUT2D eigenvalue weighted by Crippen LogP contribution is -2.45. The molecule has 0 saturated carbocycles. The number of imidazole rings is 1. The van der Waals surface area contributed by atoms with Crippen LogP contribution in [-0.4, -0.2) is 59.0 Å². The molecule has 0 spiro atoms. The van der Waals surface area contributed by atoms with Crippen molar-refractivity contribution in [3.8, 4) is 0 Å². The van der Waals surface area contributed by atoms with Gasteiger partial charge in [0.25, 0.3) is 0 Å². The Kier molecular flexibility index (Phi) is 4.00. The number of piperazine rings is 1. The van der Waals surface area contributed by atoms with Crippen molar-refractivity contribution >= 4 is 5.52 Å². The van der Waals surface area contributed by atoms with Gasteiger partial charge >= 0.3 is 0 Å². The molecule has 0 unspecified atom stereocenters. The van der Waals surface area contributed by atoms with Gasteiger partial charge in [-0.15, -0.1) is 0 Å². The van der Waals surface area contributed by atoms with Gasteiger partial charge in [0.05, 0.1) is 11.7 Å². The van der Waals surface area contributed by atoms with Crippen molar-refractivity contribution in [3.63, 3.8) is 0 Å². The van der Waals surface area contributed by atoms with Gasteiger partial charge in [-0.2, -0.15) is 0 Å². The second kappa shape index (κ2) is 5.91. The van der Waals surface area contributed by atoms with Gasteiger partial charge in [-0.05, 0) is 18.7 Å². The second-order valence-corrected chi connectivity index (χ2v) is 5.56. The monoisotopic (exact) mass is 273 g/mol. The minimum atomic E-state index is 0.563. The highest BCUT2D eigenvalue weighted by Crippen LogP contribution is 2.13. The maximum absolute atomic E-state index is 5.78. The zero-order chi connectivity index (χ0) is 13.9. The Labute approximate surface area is 120 Å². The van der Waals surface area contributed by atoms with E-state index in [0.717, 1.165) is 43.0 Å². The van der Waals surface area contributed by atoms with Crippen LogP contribution in [0.1, 0.15) is 11.4 Å². The van der Waals surface area contributed by atoms with Crippen LogP contribution in [0.15, 0.2) is 24.5 Å². The van der Waals surface area contributed by atoms with Crippen molar-refractivity contribution in [1.82, 2.24) is 19.2 Å². The lowest BCUT2D eigenvalue weighted by Gasteiger charge is -2.32. The number of fused-ring (bicyclic) bond motifs is 1. The molecule has 3 heterocycles. The topological polar surface area (TPSA) is 49.8 Å². The number of aromatic nitrogens is 2. The molecule has 2 aromatic heterocycles. The molecule has 2 N–H and O–H groups in total. The smallest absolute Gasteiger partial charge is 0.114 e. The maximum Gasteiger partial charge on any atom is 0.114 e. The van der Waals surface area contributed by atoms with Crippen molar-refractivity contribution in [2.24, 2.45) is 5.73 Å². The SMILES string of the molecule is CN1CCN(CCc2ncc3c(CN)cccn23)CC1. The highest BCUT2D eigenvalue weighted by atomic mass is 15.2. The molecular weight excluding hydrogens is 250 g/mol. The Bertz CT molecular complexity index is 569. The van der Waals surface area contributed by atoms with E-state index in [4.69, 9.17) is 5.73 Å². The maximum atomic E-state index is 5.78. The van der Waals surface area contributed by atoms with Crippen molar-refractivity contribution < 1.29 is 0 Å². The van der Waals surface area contributed by atoms with E-state index in [1.165, 1.54) is 13.1 Å². The second-order valence-electron chi connectivity index (χ2n) is 5.56. The number of likely N-dealkylation sites (N-methyl/N-ethyl adjacent to an activating group) is 1. The van der Waals surface area contributed by atoms with E-state index in [-0.39, 0.29) is 0 Å². The van der Waals surface area contributed by atoms with E-state index in [9.17, 15) is 0 Å². The summed E-state index contributed by atoms with van der Waals surface area (Å²) in [5.41, 5.74) is 8.08. The van der Waals surface area contributed by atoms with Crippen LogP contribution in [0.5, 0.6) is 0 Å². The number of hydrogen-bond acceptors (Lipinski definition) is 4. The fourth-order valence-corrected chi connectivity index (χ4v) is 2.82. The Morgan fingerprint density at radius 1 is 1.25 bits per heavy atom. The van der Waals surface area contributed by atoms with Crippen molar-refractivity contribution in [2.45, 2.75) is 13.0 Å². The number of nitrogens with zero attached hydrogens (tertiary/aromatic N) is 4. The highest BCUT2D eigenvalue weighted by Gasteiger charge is 2.14. The van der Waals surface area contributed by atoms with Crippen LogP contribution in [-0.2, 0) is 13.0 Å². The molecule has 20 heavy (non-hydrogen) atoms. The standard InChI is InChI=1S/C15H23N5/c1-18-7-9-19(10-8-18)6-4-15-17-12-14-13(11-16)3-2-5-20(14)15/h2-3,5,12H,4,6-11,16H2,1H3. The first-order valence-electron chi connectivity index (χ1n) is 7.32. The van der Waals surface area contributed by atoms with Gasteiger partial charge in [0, 0.05) is 51.9 Å². The van der Waals surface area contributed by atoms with Crippen LogP contribution in [0.3, 0.4) is 0 Å². The molecule has 1 aliphatic rings. The zero-order valence-electron chi connectivity index (χ0n) is 12.1. The number of nitrogens with two attached hydrogens (primary N) is 1. The van der Waals surface area contributed by atoms with Gasteiger partial charge in [-0.1, -0.05) is 6.07 Å². The predicted octanol–water partition coefficient (Wildman–Crippen LogP) is 0.583. The van der Waals surface area contributed by atoms with Crippen molar-refractivity contribution in [2.75, 3.05) is 39.8 Å². The molecule has 108 valence electrons. The molecule has 1 fully saturated rings. The van der Waals surface area contributed by atoms with E-state index in [0.29, 0.717) is 6.54 Å². The molecule has 0 aliphatic carbocycles. The summed E-state index contributed by atoms with van der Waals surface area (Å²) < 4.78 is 2.18. The van der Waals surface area contributed by atoms with Gasteiger partial charge in [0.15, 0.2) is 0 Å². The molecular formula is C15H23N5. The normalized spacial score (nSPS) is 17.9. The minimum Gasteiger partial charge on any atom is -0.326 e. The van der Waals surface area contributed by atoms with Gasteiger partial charge in [0.2, 0.25) is 0 Å². The molecule has 0 bridgehead atoms. The predicted molar refractivity (Wildman–Crippen MR) is 80.7 cm³/mol. The molecule has 5 heteroatoms. The first-order chi connectivity index (χ1) is 9.78. The Balaban J connectivity index is 1.69. The van der Waals surface area contributed by atoms with Gasteiger partial charge in [0.1, 0.15) is 5.82 Å². The zero-order valence-corrected chi connectivity index (χ0v) is 12.1. The summed E-state index contributed by atoms with van der Waals surface area (Å²) in [5.74, 6) is 1.13. The lowest BCUT2D eigenvalue weighted by atomic mass is 10.2. The first kappa shape index (κ1) is 13.5. The first-order valence-corrected chi connectivity index (χ1v) is 7.32. The van der Waals surface area contributed by atoms with Crippen LogP contribution in [0, 0.1) is 0 Å². The lowest BCUT2D eigenvalue weighted by molar-refractivity contribution is 0.155. The van der Waals surface area contributed by atoms with Gasteiger partial charge in [-0.3, -0.25) is 0 Å². The molecule has 0 amide bonds. The van der Waals surface area contributed by atoms with E-state index in [1.54, 1.807) is 0 Å². The Morgan fingerprint density at radius 3 is 2.80 bits per heavy atom. The number of pyridine rings is 1. The molecule has 0 atom stereocenters. The summed E-state index contributed by atoms with van der Waals surface area (Å²) in [7, 11) is 2.19. The minimum absolute atomic E-state index is 0.563. The molecule has 5 nitrogen and oxygen atoms in total. The fourth-order valence-electron chi connectivity index (χ4n) is 2.82. The highest BCUT2D eigenvalue weighted by molar-refractivity contribution is 5.54. The fraction of sp³-hybridized carbons (Fsp3) is 0.533. The molecule has 1 saturated heterocycles. The van der Waals surface area contributed by atoms with Crippen molar-refractivity contribution in [3.05, 3.63) is 35.9 Å². The Hall–Kier alpha value is -1.43. The average molecular weight is 273 g/mol. The van der Waals surface area contributed by atoms with E-state index in [1.807, 2.05) is 6.20 Å². The number of hydrogen-bond donors (Lipinski definition) is 1. The third kappa shape index (κ3) is 2.70. The van der Waals surface area contributed by atoms with Crippen LogP contribution < -0.4 is 5.73 Å². The van der Waals surface area contributed by atoms with E-state index >= 15 is 0 Å². The quantitative estimate of drug-likeness (QED) is 0.885. The van der Waals surface area contributed by atoms with E-state index in [2.05, 4.69) is 44.6 Å². The summed E-state index contributed by atoms with van der Waals surface area (Å²) >= 11 is 0. The van der Waals surface area contributed by atoms with Crippen LogP contribution in [0.2, 0.25) is 0 Å². The molecule has 0 radical (unpaired) electrons. The summed E-state index contributed by atoms with van der Waals surface area (Å²) in [6, 6.07) is 4.12. The van der Waals surface area contributed by atoms with E-state index < -0.39 is 0 Å². The van der Waals surface area contributed by atoms with Crippen molar-refractivity contribution in [1.29, 1.82) is 0 Å². The molecule has 3 rings (SSSR count). The van der Waals surface area contributed by atoms with Gasteiger partial charge < -0.3 is 19.9 Å². The third-order valence-corrected chi connectivity index (χ3v) is 4.20. The largest absolute Gasteiger partial charge is 0.326 e. The summed E-state index contributed by atoms with van der Waals surface area (Å²) in [6.45, 7) is 6.30. The van der Waals surface area contributed by atoms with Gasteiger partial charge in [-0.25, -0.2) is 4.98 Å². The average Bonchev–Trinajstić information content (AvgIpc) is 2.90. The molecule has 2 aromatic rings. The third-order valence-electron chi connectivity index (χ3n) is 4.20. The Morgan fingerprint density at radius 2 is 2.05 bits per heavy atom. The van der Waals surface area contributed by atoms with Crippen LogP contribution in [0.4, 0.5) is 0 Å².